The fourth-order valence-corrected chi connectivity index (χ4v) is 2.84. The average Bonchev–Trinajstić information content (AvgIpc) is 2.49. The molecule has 0 atom stereocenters. The molecule has 0 spiro atoms. The summed E-state index contributed by atoms with van der Waals surface area (Å²) in [5, 5.41) is 0. The van der Waals surface area contributed by atoms with Crippen LogP contribution in [0.25, 0.3) is 0 Å². The van der Waals surface area contributed by atoms with E-state index < -0.39 is 5.82 Å². The van der Waals surface area contributed by atoms with Crippen LogP contribution in [0.4, 0.5) is 4.39 Å². The first-order valence-electron chi connectivity index (χ1n) is 6.08. The van der Waals surface area contributed by atoms with E-state index in [0.717, 1.165) is 10.6 Å². The molecule has 0 saturated carbocycles. The Morgan fingerprint density at radius 3 is 2.65 bits per heavy atom. The van der Waals surface area contributed by atoms with Gasteiger partial charge < -0.3 is 9.47 Å². The molecular formula is C15H11FO3S. The van der Waals surface area contributed by atoms with E-state index in [1.165, 1.54) is 23.9 Å². The van der Waals surface area contributed by atoms with Crippen molar-refractivity contribution in [1.82, 2.24) is 0 Å². The average molecular weight is 290 g/mol. The molecule has 2 aromatic rings. The van der Waals surface area contributed by atoms with Crippen molar-refractivity contribution in [2.24, 2.45) is 0 Å². The van der Waals surface area contributed by atoms with Crippen LogP contribution >= 0.6 is 11.8 Å². The third-order valence-electron chi connectivity index (χ3n) is 2.84. The molecule has 0 fully saturated rings. The predicted octanol–water partition coefficient (Wildman–Crippen LogP) is 3.56. The van der Waals surface area contributed by atoms with Crippen LogP contribution in [-0.2, 0) is 0 Å². The van der Waals surface area contributed by atoms with Gasteiger partial charge in [-0.15, -0.1) is 0 Å². The van der Waals surface area contributed by atoms with Gasteiger partial charge in [0, 0.05) is 15.4 Å². The summed E-state index contributed by atoms with van der Waals surface area (Å²) in [5.74, 6) is 0.991. The van der Waals surface area contributed by atoms with Gasteiger partial charge in [0.2, 0.25) is 0 Å². The van der Waals surface area contributed by atoms with Gasteiger partial charge in [-0.2, -0.15) is 0 Å². The molecule has 0 aliphatic carbocycles. The van der Waals surface area contributed by atoms with Crippen LogP contribution in [0.5, 0.6) is 11.5 Å². The van der Waals surface area contributed by atoms with Crippen molar-refractivity contribution in [3.05, 3.63) is 47.8 Å². The minimum atomic E-state index is -0.418. The number of carbonyl (C=O) groups excluding carboxylic acids is 1. The molecule has 1 aliphatic rings. The molecule has 3 rings (SSSR count). The number of benzene rings is 2. The number of rotatable bonds is 3. The highest BCUT2D eigenvalue weighted by molar-refractivity contribution is 7.99. The molecular weight excluding hydrogens is 279 g/mol. The third-order valence-corrected chi connectivity index (χ3v) is 3.92. The lowest BCUT2D eigenvalue weighted by molar-refractivity contribution is 0.112. The zero-order valence-electron chi connectivity index (χ0n) is 10.5. The highest BCUT2D eigenvalue weighted by Crippen LogP contribution is 2.37. The maximum absolute atomic E-state index is 13.1. The second-order valence-electron chi connectivity index (χ2n) is 4.21. The van der Waals surface area contributed by atoms with Crippen molar-refractivity contribution in [2.45, 2.75) is 9.79 Å². The van der Waals surface area contributed by atoms with E-state index in [1.807, 2.05) is 18.2 Å². The summed E-state index contributed by atoms with van der Waals surface area (Å²) in [6, 6.07) is 9.75. The van der Waals surface area contributed by atoms with Gasteiger partial charge in [-0.25, -0.2) is 4.39 Å². The summed E-state index contributed by atoms with van der Waals surface area (Å²) in [5.41, 5.74) is 0.338. The summed E-state index contributed by atoms with van der Waals surface area (Å²) in [6.45, 7) is 1.07. The Kier molecular flexibility index (Phi) is 3.60. The van der Waals surface area contributed by atoms with Gasteiger partial charge in [-0.3, -0.25) is 4.79 Å². The highest BCUT2D eigenvalue weighted by atomic mass is 32.2. The summed E-state index contributed by atoms with van der Waals surface area (Å²) in [7, 11) is 0. The van der Waals surface area contributed by atoms with Gasteiger partial charge in [0.1, 0.15) is 19.0 Å². The molecule has 0 amide bonds. The van der Waals surface area contributed by atoms with Crippen molar-refractivity contribution in [2.75, 3.05) is 13.2 Å². The maximum Gasteiger partial charge on any atom is 0.162 e. The van der Waals surface area contributed by atoms with Crippen LogP contribution in [0.15, 0.2) is 46.2 Å². The molecule has 102 valence electrons. The van der Waals surface area contributed by atoms with Crippen LogP contribution in [0.2, 0.25) is 0 Å². The molecule has 0 aromatic heterocycles. The number of ether oxygens (including phenoxy) is 2. The van der Waals surface area contributed by atoms with Crippen LogP contribution in [0, 0.1) is 5.82 Å². The minimum Gasteiger partial charge on any atom is -0.486 e. The van der Waals surface area contributed by atoms with Crippen LogP contribution in [-0.4, -0.2) is 19.5 Å². The SMILES string of the molecule is O=Cc1cc(F)ccc1Sc1ccc2c(c1)OCCO2. The molecule has 2 aromatic carbocycles. The molecule has 1 heterocycles. The quantitative estimate of drug-likeness (QED) is 0.810. The molecule has 0 radical (unpaired) electrons. The lowest BCUT2D eigenvalue weighted by Gasteiger charge is -2.18. The van der Waals surface area contributed by atoms with E-state index >= 15 is 0 Å². The van der Waals surface area contributed by atoms with E-state index in [2.05, 4.69) is 0 Å². The number of fused-ring (bicyclic) bond motifs is 1. The largest absolute Gasteiger partial charge is 0.486 e. The monoisotopic (exact) mass is 290 g/mol. The van der Waals surface area contributed by atoms with Crippen LogP contribution < -0.4 is 9.47 Å². The molecule has 0 bridgehead atoms. The summed E-state index contributed by atoms with van der Waals surface area (Å²) >= 11 is 1.39. The predicted molar refractivity (Wildman–Crippen MR) is 73.3 cm³/mol. The van der Waals surface area contributed by atoms with Crippen molar-refractivity contribution >= 4 is 18.0 Å². The Morgan fingerprint density at radius 1 is 1.05 bits per heavy atom. The Morgan fingerprint density at radius 2 is 1.85 bits per heavy atom. The zero-order chi connectivity index (χ0) is 13.9. The van der Waals surface area contributed by atoms with E-state index in [1.54, 1.807) is 6.07 Å². The first-order chi connectivity index (χ1) is 9.76. The van der Waals surface area contributed by atoms with Gasteiger partial charge in [0.15, 0.2) is 17.8 Å². The van der Waals surface area contributed by atoms with Crippen LogP contribution in [0.3, 0.4) is 0 Å². The van der Waals surface area contributed by atoms with Crippen molar-refractivity contribution < 1.29 is 18.7 Å². The van der Waals surface area contributed by atoms with E-state index in [-0.39, 0.29) is 0 Å². The molecule has 3 nitrogen and oxygen atoms in total. The second-order valence-corrected chi connectivity index (χ2v) is 5.32. The lowest BCUT2D eigenvalue weighted by Crippen LogP contribution is -2.15. The maximum atomic E-state index is 13.1. The van der Waals surface area contributed by atoms with Gasteiger partial charge in [0.25, 0.3) is 0 Å². The lowest BCUT2D eigenvalue weighted by atomic mass is 10.2. The van der Waals surface area contributed by atoms with E-state index in [4.69, 9.17) is 9.47 Å². The van der Waals surface area contributed by atoms with Gasteiger partial charge in [0.05, 0.1) is 0 Å². The molecule has 5 heteroatoms. The summed E-state index contributed by atoms with van der Waals surface area (Å²) in [6.07, 6.45) is 0.656. The second kappa shape index (κ2) is 5.54. The first-order valence-corrected chi connectivity index (χ1v) is 6.90. The first kappa shape index (κ1) is 13.0. The number of aldehydes is 1. The fourth-order valence-electron chi connectivity index (χ4n) is 1.92. The Balaban J connectivity index is 1.89. The Hall–Kier alpha value is -2.01. The third kappa shape index (κ3) is 2.63. The van der Waals surface area contributed by atoms with Gasteiger partial charge in [-0.05, 0) is 36.4 Å². The van der Waals surface area contributed by atoms with Gasteiger partial charge in [-0.1, -0.05) is 11.8 Å². The minimum absolute atomic E-state index is 0.338. The topological polar surface area (TPSA) is 35.5 Å². The molecule has 0 saturated heterocycles. The van der Waals surface area contributed by atoms with E-state index in [9.17, 15) is 9.18 Å². The molecule has 0 N–H and O–H groups in total. The Labute approximate surface area is 119 Å². The molecule has 20 heavy (non-hydrogen) atoms. The Bertz CT molecular complexity index is 658. The summed E-state index contributed by atoms with van der Waals surface area (Å²) in [4.78, 5) is 12.6. The standard InChI is InChI=1S/C15H11FO3S/c16-11-1-4-15(10(7-11)9-17)20-12-2-3-13-14(8-12)19-6-5-18-13/h1-4,7-9H,5-6H2. The smallest absolute Gasteiger partial charge is 0.162 e. The number of carbonyl (C=O) groups is 1. The molecule has 1 aliphatic heterocycles. The van der Waals surface area contributed by atoms with Gasteiger partial charge >= 0.3 is 0 Å². The van der Waals surface area contributed by atoms with Crippen molar-refractivity contribution in [3.63, 3.8) is 0 Å². The summed E-state index contributed by atoms with van der Waals surface area (Å²) < 4.78 is 24.1. The van der Waals surface area contributed by atoms with Crippen molar-refractivity contribution in [1.29, 1.82) is 0 Å². The number of hydrogen-bond acceptors (Lipinski definition) is 4. The van der Waals surface area contributed by atoms with E-state index in [0.29, 0.717) is 35.7 Å². The normalized spacial score (nSPS) is 13.1. The highest BCUT2D eigenvalue weighted by Gasteiger charge is 2.13. The fraction of sp³-hybridized carbons (Fsp3) is 0.133. The van der Waals surface area contributed by atoms with Crippen LogP contribution in [0.1, 0.15) is 10.4 Å². The van der Waals surface area contributed by atoms with Crippen molar-refractivity contribution in [3.8, 4) is 11.5 Å². The number of halogens is 1. The molecule has 0 unspecified atom stereocenters. The number of hydrogen-bond donors (Lipinski definition) is 0. The zero-order valence-corrected chi connectivity index (χ0v) is 11.3.